The minimum Gasteiger partial charge on any atom is -0.370 e. The first-order chi connectivity index (χ1) is 15.5. The van der Waals surface area contributed by atoms with E-state index in [2.05, 4.69) is 16.1 Å². The highest BCUT2D eigenvalue weighted by Crippen LogP contribution is 2.41. The number of likely N-dealkylation sites (tertiary alicyclic amines) is 1. The lowest BCUT2D eigenvalue weighted by Crippen LogP contribution is -2.37. The molecule has 7 nitrogen and oxygen atoms in total. The number of aromatic nitrogens is 2. The number of rotatable bonds is 3. The Hall–Kier alpha value is -2.53. The van der Waals surface area contributed by atoms with Crippen LogP contribution < -0.4 is 4.90 Å². The summed E-state index contributed by atoms with van der Waals surface area (Å²) >= 11 is 0. The van der Waals surface area contributed by atoms with Gasteiger partial charge in [-0.25, -0.2) is 4.31 Å². The maximum Gasteiger partial charge on any atom is 0.418 e. The van der Waals surface area contributed by atoms with Gasteiger partial charge in [-0.2, -0.15) is 18.3 Å². The summed E-state index contributed by atoms with van der Waals surface area (Å²) in [5.74, 6) is 3.78. The minimum absolute atomic E-state index is 0.107. The van der Waals surface area contributed by atoms with Gasteiger partial charge < -0.3 is 9.80 Å². The highest BCUT2D eigenvalue weighted by molar-refractivity contribution is 7.97. The molecule has 3 aliphatic heterocycles. The van der Waals surface area contributed by atoms with Gasteiger partial charge in [-0.15, -0.1) is 0 Å². The molecular weight excluding hydrogens is 455 g/mol. The van der Waals surface area contributed by atoms with Gasteiger partial charge in [-0.3, -0.25) is 14.1 Å². The first-order valence-corrected chi connectivity index (χ1v) is 13.0. The number of nitrogens with zero attached hydrogens (tertiary/aromatic N) is 4. The Kier molecular flexibility index (Phi) is 5.24. The fraction of sp³-hybridized carbons (Fsp3) is 0.500. The number of H-pyrrole nitrogens is 1. The second kappa shape index (κ2) is 7.76. The summed E-state index contributed by atoms with van der Waals surface area (Å²) in [6.45, 7) is 2.87. The summed E-state index contributed by atoms with van der Waals surface area (Å²) in [5.41, 5.74) is 1.58. The number of hydrogen-bond donors (Lipinski definition) is 1. The van der Waals surface area contributed by atoms with E-state index in [4.69, 9.17) is 0 Å². The summed E-state index contributed by atoms with van der Waals surface area (Å²) in [6.07, 6.45) is -2.20. The van der Waals surface area contributed by atoms with E-state index < -0.39 is 21.4 Å². The topological polar surface area (TPSA) is 72.5 Å². The quantitative estimate of drug-likeness (QED) is 0.683. The van der Waals surface area contributed by atoms with E-state index in [0.29, 0.717) is 51.4 Å². The minimum atomic E-state index is -4.40. The summed E-state index contributed by atoms with van der Waals surface area (Å²) in [5, 5.41) is 7.21. The Morgan fingerprint density at radius 2 is 1.85 bits per heavy atom. The zero-order valence-electron chi connectivity index (χ0n) is 18.3. The predicted molar refractivity (Wildman–Crippen MR) is 120 cm³/mol. The molecule has 2 aromatic rings. The number of aromatic amines is 1. The molecule has 2 saturated heterocycles. The summed E-state index contributed by atoms with van der Waals surface area (Å²) in [6, 6.07) is 5.66. The SMILES string of the molecule is C=S(C)(=O)N1CCc2[nH]nc(C(=O)N3C[C@@H]4CN(c5ccccc5C(F)(F)F)C[C@@H]4C3)c2C1. The molecule has 178 valence electrons. The molecule has 0 spiro atoms. The van der Waals surface area contributed by atoms with E-state index in [0.717, 1.165) is 17.3 Å². The number of alkyl halides is 3. The molecule has 1 amide bonds. The molecule has 11 heteroatoms. The van der Waals surface area contributed by atoms with Gasteiger partial charge in [0.05, 0.1) is 5.56 Å². The van der Waals surface area contributed by atoms with E-state index in [1.54, 1.807) is 26.4 Å². The highest BCUT2D eigenvalue weighted by Gasteiger charge is 2.45. The largest absolute Gasteiger partial charge is 0.418 e. The number of para-hydroxylation sites is 1. The number of amides is 1. The molecule has 1 unspecified atom stereocenters. The molecule has 0 radical (unpaired) electrons. The van der Waals surface area contributed by atoms with Gasteiger partial charge in [0.1, 0.15) is 0 Å². The molecule has 0 saturated carbocycles. The van der Waals surface area contributed by atoms with Gasteiger partial charge in [-0.1, -0.05) is 12.1 Å². The molecule has 1 aromatic heterocycles. The second-order valence-corrected chi connectivity index (χ2v) is 11.7. The predicted octanol–water partition coefficient (Wildman–Crippen LogP) is 2.26. The monoisotopic (exact) mass is 481 g/mol. The van der Waals surface area contributed by atoms with Crippen LogP contribution in [0.15, 0.2) is 24.3 Å². The van der Waals surface area contributed by atoms with Crippen molar-refractivity contribution in [2.45, 2.75) is 19.1 Å². The van der Waals surface area contributed by atoms with Crippen LogP contribution in [-0.4, -0.2) is 74.4 Å². The zero-order chi connectivity index (χ0) is 23.5. The Morgan fingerprint density at radius 3 is 2.48 bits per heavy atom. The van der Waals surface area contributed by atoms with Gasteiger partial charge in [-0.05, 0) is 18.0 Å². The van der Waals surface area contributed by atoms with Crippen molar-refractivity contribution in [3.05, 3.63) is 46.8 Å². The molecule has 4 heterocycles. The molecule has 3 aliphatic rings. The number of fused-ring (bicyclic) bond motifs is 2. The molecule has 3 atom stereocenters. The van der Waals surface area contributed by atoms with Crippen molar-refractivity contribution in [3.63, 3.8) is 0 Å². The third-order valence-corrected chi connectivity index (χ3v) is 8.37. The van der Waals surface area contributed by atoms with Gasteiger partial charge >= 0.3 is 6.18 Å². The number of nitrogens with one attached hydrogen (secondary N) is 1. The fourth-order valence-electron chi connectivity index (χ4n) is 5.27. The third kappa shape index (κ3) is 4.01. The molecule has 1 N–H and O–H groups in total. The van der Waals surface area contributed by atoms with Crippen molar-refractivity contribution in [3.8, 4) is 0 Å². The average Bonchev–Trinajstić information content (AvgIpc) is 3.44. The lowest BCUT2D eigenvalue weighted by molar-refractivity contribution is -0.137. The average molecular weight is 482 g/mol. The van der Waals surface area contributed by atoms with Crippen molar-refractivity contribution in [2.75, 3.05) is 43.9 Å². The van der Waals surface area contributed by atoms with Crippen LogP contribution in [0.5, 0.6) is 0 Å². The van der Waals surface area contributed by atoms with Crippen LogP contribution in [0.1, 0.15) is 27.3 Å². The fourth-order valence-corrected chi connectivity index (χ4v) is 6.15. The van der Waals surface area contributed by atoms with E-state index in [1.807, 2.05) is 0 Å². The maximum absolute atomic E-state index is 13.4. The Labute approximate surface area is 190 Å². The van der Waals surface area contributed by atoms with E-state index >= 15 is 0 Å². The lowest BCUT2D eigenvalue weighted by atomic mass is 10.0. The number of carbonyl (C=O) groups is 1. The van der Waals surface area contributed by atoms with Gasteiger partial charge in [0, 0.05) is 90.4 Å². The molecule has 2 fully saturated rings. The Bertz CT molecular complexity index is 1180. The van der Waals surface area contributed by atoms with Crippen molar-refractivity contribution in [1.29, 1.82) is 0 Å². The van der Waals surface area contributed by atoms with Crippen molar-refractivity contribution in [2.24, 2.45) is 11.8 Å². The number of benzene rings is 1. The number of carbonyl (C=O) groups excluding carboxylic acids is 1. The normalized spacial score (nSPS) is 25.1. The van der Waals surface area contributed by atoms with Crippen LogP contribution in [-0.2, 0) is 28.8 Å². The zero-order valence-corrected chi connectivity index (χ0v) is 19.1. The first-order valence-electron chi connectivity index (χ1n) is 10.9. The van der Waals surface area contributed by atoms with Crippen molar-refractivity contribution < 1.29 is 22.2 Å². The second-order valence-electron chi connectivity index (χ2n) is 9.25. The molecule has 1 aromatic carbocycles. The number of hydrogen-bond acceptors (Lipinski definition) is 4. The van der Waals surface area contributed by atoms with Crippen LogP contribution in [0.25, 0.3) is 0 Å². The number of halogens is 3. The summed E-state index contributed by atoms with van der Waals surface area (Å²) in [7, 11) is -2.39. The standard InChI is InChI=1S/C22H26F3N5O2S/c1-33(2,32)30-8-7-18-16(13-30)20(27-26-18)21(31)29-11-14-9-28(10-15(14)12-29)19-6-4-3-5-17(19)22(23,24)25/h3-6,14-15H,1,7-13H2,2H3,(H,26,27)/t14-,15+,33?. The van der Waals surface area contributed by atoms with E-state index in [-0.39, 0.29) is 23.4 Å². The molecular formula is C22H26F3N5O2S. The van der Waals surface area contributed by atoms with Crippen LogP contribution in [0.3, 0.4) is 0 Å². The van der Waals surface area contributed by atoms with Gasteiger partial charge in [0.25, 0.3) is 5.91 Å². The van der Waals surface area contributed by atoms with Crippen LogP contribution >= 0.6 is 0 Å². The molecule has 33 heavy (non-hydrogen) atoms. The smallest absolute Gasteiger partial charge is 0.370 e. The van der Waals surface area contributed by atoms with E-state index in [1.165, 1.54) is 12.1 Å². The van der Waals surface area contributed by atoms with Crippen molar-refractivity contribution in [1.82, 2.24) is 19.4 Å². The molecule has 0 bridgehead atoms. The van der Waals surface area contributed by atoms with Gasteiger partial charge in [0.2, 0.25) is 0 Å². The van der Waals surface area contributed by atoms with Crippen molar-refractivity contribution >= 4 is 27.2 Å². The Balaban J connectivity index is 1.30. The third-order valence-electron chi connectivity index (χ3n) is 6.97. The number of anilines is 1. The molecule has 0 aliphatic carbocycles. The first kappa shape index (κ1) is 22.3. The maximum atomic E-state index is 13.4. The lowest BCUT2D eigenvalue weighted by Gasteiger charge is -2.28. The summed E-state index contributed by atoms with van der Waals surface area (Å²) < 4.78 is 54.5. The summed E-state index contributed by atoms with van der Waals surface area (Å²) in [4.78, 5) is 16.8. The van der Waals surface area contributed by atoms with Crippen LogP contribution in [0, 0.1) is 11.8 Å². The van der Waals surface area contributed by atoms with Crippen LogP contribution in [0.2, 0.25) is 0 Å². The highest BCUT2D eigenvalue weighted by atomic mass is 32.2. The van der Waals surface area contributed by atoms with E-state index in [9.17, 15) is 22.2 Å². The Morgan fingerprint density at radius 1 is 1.18 bits per heavy atom. The van der Waals surface area contributed by atoms with Gasteiger partial charge in [0.15, 0.2) is 5.69 Å². The molecule has 5 rings (SSSR count). The van der Waals surface area contributed by atoms with Crippen LogP contribution in [0.4, 0.5) is 18.9 Å².